The number of rotatable bonds is 7. The van der Waals surface area contributed by atoms with Gasteiger partial charge in [-0.05, 0) is 53.2 Å². The van der Waals surface area contributed by atoms with E-state index in [1.54, 1.807) is 0 Å². The minimum absolute atomic E-state index is 0.726. The van der Waals surface area contributed by atoms with Gasteiger partial charge < -0.3 is 15.0 Å². The van der Waals surface area contributed by atoms with Gasteiger partial charge in [0.05, 0.1) is 16.6 Å². The number of hydrogen-bond donors (Lipinski definition) is 1. The largest absolute Gasteiger partial charge is 0.492 e. The number of benzene rings is 1. The summed E-state index contributed by atoms with van der Waals surface area (Å²) >= 11 is 3.65. The molecule has 1 saturated carbocycles. The molecule has 0 radical (unpaired) electrons. The van der Waals surface area contributed by atoms with E-state index in [-0.39, 0.29) is 0 Å². The van der Waals surface area contributed by atoms with Crippen molar-refractivity contribution in [3.63, 3.8) is 0 Å². The Morgan fingerprint density at radius 2 is 2.08 bits per heavy atom. The first-order valence-electron chi connectivity index (χ1n) is 8.89. The second kappa shape index (κ2) is 7.37. The molecule has 1 N–H and O–H groups in total. The van der Waals surface area contributed by atoms with Crippen LogP contribution in [0.2, 0.25) is 0 Å². The molecule has 1 aromatic carbocycles. The van der Waals surface area contributed by atoms with E-state index < -0.39 is 0 Å². The van der Waals surface area contributed by atoms with Crippen molar-refractivity contribution in [2.24, 2.45) is 5.92 Å². The number of aromatic nitrogens is 3. The number of halogens is 1. The van der Waals surface area contributed by atoms with Gasteiger partial charge in [0.2, 0.25) is 0 Å². The lowest BCUT2D eigenvalue weighted by molar-refractivity contribution is 0.213. The average Bonchev–Trinajstić information content (AvgIpc) is 3.33. The third kappa shape index (κ3) is 3.73. The molecule has 1 aromatic heterocycles. The van der Waals surface area contributed by atoms with Crippen molar-refractivity contribution in [1.82, 2.24) is 25.2 Å². The Bertz CT molecular complexity index is 694. The van der Waals surface area contributed by atoms with Crippen molar-refractivity contribution in [2.45, 2.75) is 25.8 Å². The molecular weight excluding hydrogens is 370 g/mol. The maximum atomic E-state index is 5.97. The molecule has 1 aliphatic heterocycles. The van der Waals surface area contributed by atoms with Crippen LogP contribution >= 0.6 is 15.9 Å². The smallest absolute Gasteiger partial charge is 0.135 e. The molecule has 2 heterocycles. The van der Waals surface area contributed by atoms with E-state index >= 15 is 0 Å². The summed E-state index contributed by atoms with van der Waals surface area (Å²) in [6.45, 7) is 7.27. The molecule has 1 saturated heterocycles. The van der Waals surface area contributed by atoms with Gasteiger partial charge in [0, 0.05) is 39.3 Å². The van der Waals surface area contributed by atoms with E-state index in [0.717, 1.165) is 79.5 Å². The highest BCUT2D eigenvalue weighted by Crippen LogP contribution is 2.34. The van der Waals surface area contributed by atoms with Gasteiger partial charge in [-0.2, -0.15) is 0 Å². The van der Waals surface area contributed by atoms with E-state index in [2.05, 4.69) is 42.5 Å². The lowest BCUT2D eigenvalue weighted by Gasteiger charge is -2.27. The molecule has 24 heavy (non-hydrogen) atoms. The molecule has 6 nitrogen and oxygen atoms in total. The number of ether oxygens (including phenoxy) is 1. The van der Waals surface area contributed by atoms with Crippen LogP contribution in [-0.4, -0.2) is 59.2 Å². The Hall–Kier alpha value is -1.18. The Labute approximate surface area is 150 Å². The van der Waals surface area contributed by atoms with Gasteiger partial charge >= 0.3 is 0 Å². The molecule has 2 fully saturated rings. The number of nitrogens with zero attached hydrogens (tertiary/aromatic N) is 4. The third-order valence-electron chi connectivity index (χ3n) is 4.80. The topological polar surface area (TPSA) is 55.2 Å². The van der Waals surface area contributed by atoms with Crippen molar-refractivity contribution in [3.8, 4) is 5.75 Å². The predicted octanol–water partition coefficient (Wildman–Crippen LogP) is 2.28. The van der Waals surface area contributed by atoms with Crippen molar-refractivity contribution in [2.75, 3.05) is 39.3 Å². The van der Waals surface area contributed by atoms with E-state index in [4.69, 9.17) is 4.74 Å². The van der Waals surface area contributed by atoms with Gasteiger partial charge in [-0.15, -0.1) is 5.10 Å². The zero-order chi connectivity index (χ0) is 16.4. The molecule has 0 bridgehead atoms. The van der Waals surface area contributed by atoms with E-state index in [1.807, 2.05) is 10.7 Å². The minimum atomic E-state index is 0.726. The van der Waals surface area contributed by atoms with Crippen LogP contribution in [0.5, 0.6) is 5.75 Å². The van der Waals surface area contributed by atoms with Crippen LogP contribution in [0.4, 0.5) is 0 Å². The fraction of sp³-hybridized carbons (Fsp3) is 0.647. The molecule has 0 atom stereocenters. The SMILES string of the molecule is Brc1c(OCCCN2CCNCC2)ccc2c1nnn2CC1CC1. The van der Waals surface area contributed by atoms with Crippen molar-refractivity contribution < 1.29 is 4.74 Å². The molecule has 0 amide bonds. The molecule has 7 heteroatoms. The fourth-order valence-electron chi connectivity index (χ4n) is 3.18. The molecule has 0 spiro atoms. The maximum absolute atomic E-state index is 5.97. The molecule has 1 aliphatic carbocycles. The molecule has 2 aromatic rings. The van der Waals surface area contributed by atoms with Gasteiger partial charge in [-0.25, -0.2) is 4.68 Å². The number of fused-ring (bicyclic) bond motifs is 1. The summed E-state index contributed by atoms with van der Waals surface area (Å²) < 4.78 is 8.91. The van der Waals surface area contributed by atoms with Crippen LogP contribution in [0.1, 0.15) is 19.3 Å². The van der Waals surface area contributed by atoms with E-state index in [0.29, 0.717) is 0 Å². The number of nitrogens with one attached hydrogen (secondary N) is 1. The summed E-state index contributed by atoms with van der Waals surface area (Å²) in [5.74, 6) is 1.65. The average molecular weight is 394 g/mol. The maximum Gasteiger partial charge on any atom is 0.135 e. The van der Waals surface area contributed by atoms with Gasteiger partial charge in [-0.1, -0.05) is 5.21 Å². The monoisotopic (exact) mass is 393 g/mol. The van der Waals surface area contributed by atoms with Gasteiger partial charge in [0.25, 0.3) is 0 Å². The molecule has 2 aliphatic rings. The molecular formula is C17H24BrN5O. The summed E-state index contributed by atoms with van der Waals surface area (Å²) in [5, 5.41) is 12.0. The van der Waals surface area contributed by atoms with Gasteiger partial charge in [-0.3, -0.25) is 0 Å². The number of piperazine rings is 1. The van der Waals surface area contributed by atoms with Crippen LogP contribution in [0.25, 0.3) is 11.0 Å². The zero-order valence-corrected chi connectivity index (χ0v) is 15.5. The minimum Gasteiger partial charge on any atom is -0.492 e. The summed E-state index contributed by atoms with van der Waals surface area (Å²) in [7, 11) is 0. The van der Waals surface area contributed by atoms with E-state index in [1.165, 1.54) is 12.8 Å². The molecule has 0 unspecified atom stereocenters. The van der Waals surface area contributed by atoms with E-state index in [9.17, 15) is 0 Å². The molecule has 130 valence electrons. The predicted molar refractivity (Wildman–Crippen MR) is 97.4 cm³/mol. The lowest BCUT2D eigenvalue weighted by Crippen LogP contribution is -2.43. The fourth-order valence-corrected chi connectivity index (χ4v) is 3.71. The standard InChI is InChI=1S/C17H24BrN5O/c18-16-15(24-11-1-8-22-9-6-19-7-10-22)5-4-14-17(16)20-21-23(14)12-13-2-3-13/h4-5,13,19H,1-3,6-12H2. The van der Waals surface area contributed by atoms with Crippen molar-refractivity contribution >= 4 is 27.0 Å². The summed E-state index contributed by atoms with van der Waals surface area (Å²) in [4.78, 5) is 2.49. The highest BCUT2D eigenvalue weighted by molar-refractivity contribution is 9.10. The Morgan fingerprint density at radius 3 is 2.88 bits per heavy atom. The van der Waals surface area contributed by atoms with Crippen LogP contribution < -0.4 is 10.1 Å². The second-order valence-electron chi connectivity index (χ2n) is 6.75. The summed E-state index contributed by atoms with van der Waals surface area (Å²) in [6.07, 6.45) is 3.67. The van der Waals surface area contributed by atoms with Crippen LogP contribution in [-0.2, 0) is 6.54 Å². The third-order valence-corrected chi connectivity index (χ3v) is 5.57. The van der Waals surface area contributed by atoms with Gasteiger partial charge in [0.15, 0.2) is 0 Å². The second-order valence-corrected chi connectivity index (χ2v) is 7.55. The highest BCUT2D eigenvalue weighted by Gasteiger charge is 2.23. The first-order valence-corrected chi connectivity index (χ1v) is 9.68. The quantitative estimate of drug-likeness (QED) is 0.731. The van der Waals surface area contributed by atoms with Crippen LogP contribution in [0.3, 0.4) is 0 Å². The van der Waals surface area contributed by atoms with Crippen LogP contribution in [0.15, 0.2) is 16.6 Å². The van der Waals surface area contributed by atoms with Crippen molar-refractivity contribution in [3.05, 3.63) is 16.6 Å². The number of hydrogen-bond acceptors (Lipinski definition) is 5. The Morgan fingerprint density at radius 1 is 1.25 bits per heavy atom. The zero-order valence-electron chi connectivity index (χ0n) is 13.9. The van der Waals surface area contributed by atoms with Gasteiger partial charge in [0.1, 0.15) is 11.3 Å². The Balaban J connectivity index is 1.34. The summed E-state index contributed by atoms with van der Waals surface area (Å²) in [6, 6.07) is 4.11. The Kier molecular flexibility index (Phi) is 5.01. The first-order chi connectivity index (χ1) is 11.8. The summed E-state index contributed by atoms with van der Waals surface area (Å²) in [5.41, 5.74) is 1.98. The molecule has 4 rings (SSSR count). The lowest BCUT2D eigenvalue weighted by atomic mass is 10.3. The highest BCUT2D eigenvalue weighted by atomic mass is 79.9. The first kappa shape index (κ1) is 16.3. The normalized spacial score (nSPS) is 19.0. The van der Waals surface area contributed by atoms with Crippen LogP contribution in [0, 0.1) is 5.92 Å². The van der Waals surface area contributed by atoms with Crippen molar-refractivity contribution in [1.29, 1.82) is 0 Å².